The van der Waals surface area contributed by atoms with E-state index in [4.69, 9.17) is 4.74 Å². The Kier molecular flexibility index (Phi) is 6.73. The molecule has 6 atom stereocenters. The zero-order valence-electron chi connectivity index (χ0n) is 20.5. The molecule has 3 fully saturated rings. The van der Waals surface area contributed by atoms with Crippen molar-refractivity contribution in [2.24, 2.45) is 16.7 Å². The molecule has 4 N–H and O–H groups in total. The third-order valence-corrected chi connectivity index (χ3v) is 9.05. The average Bonchev–Trinajstić information content (AvgIpc) is 3.43. The van der Waals surface area contributed by atoms with Crippen LogP contribution in [0.3, 0.4) is 0 Å². The Hall–Kier alpha value is -2.83. The Labute approximate surface area is 205 Å². The van der Waals surface area contributed by atoms with Crippen molar-refractivity contribution in [1.82, 2.24) is 10.2 Å². The molecule has 2 aliphatic carbocycles. The summed E-state index contributed by atoms with van der Waals surface area (Å²) < 4.78 is 6.04. The number of hydrogen-bond donors (Lipinski definition) is 4. The molecule has 2 saturated carbocycles. The summed E-state index contributed by atoms with van der Waals surface area (Å²) in [7, 11) is 0. The fourth-order valence-corrected chi connectivity index (χ4v) is 6.31. The number of likely N-dealkylation sites (tertiary alicyclic amines) is 1. The number of nitrogens with one attached hydrogen (secondary N) is 1. The number of aliphatic hydroxyl groups is 1. The van der Waals surface area contributed by atoms with Gasteiger partial charge in [-0.3, -0.25) is 10.1 Å². The number of carbonyl (C=O) groups is 2. The van der Waals surface area contributed by atoms with Crippen molar-refractivity contribution in [3.05, 3.63) is 23.8 Å². The predicted octanol–water partition coefficient (Wildman–Crippen LogP) is 2.71. The first kappa shape index (κ1) is 25.3. The van der Waals surface area contributed by atoms with Crippen molar-refractivity contribution in [2.75, 3.05) is 6.54 Å². The fraction of sp³-hybridized carbons (Fsp3) is 0.654. The van der Waals surface area contributed by atoms with Gasteiger partial charge in [0.2, 0.25) is 5.91 Å². The first-order valence-electron chi connectivity index (χ1n) is 12.3. The highest BCUT2D eigenvalue weighted by molar-refractivity contribution is 5.88. The molecule has 0 aromatic heterocycles. The maximum absolute atomic E-state index is 13.4. The van der Waals surface area contributed by atoms with Gasteiger partial charge in [-0.2, -0.15) is 5.26 Å². The van der Waals surface area contributed by atoms with Crippen LogP contribution in [0.4, 0.5) is 0 Å². The van der Waals surface area contributed by atoms with E-state index in [9.17, 15) is 30.2 Å². The average molecular weight is 486 g/mol. The molecule has 1 aromatic rings. The van der Waals surface area contributed by atoms with E-state index < -0.39 is 35.9 Å². The van der Waals surface area contributed by atoms with E-state index in [0.29, 0.717) is 25.3 Å². The summed E-state index contributed by atoms with van der Waals surface area (Å²) in [5.74, 6) is -1.07. The van der Waals surface area contributed by atoms with Crippen molar-refractivity contribution in [3.63, 3.8) is 0 Å². The summed E-state index contributed by atoms with van der Waals surface area (Å²) in [5.41, 5.74) is 0.246. The van der Waals surface area contributed by atoms with Gasteiger partial charge in [0.25, 0.3) is 0 Å². The molecule has 9 nitrogen and oxygen atoms in total. The highest BCUT2D eigenvalue weighted by Crippen LogP contribution is 2.66. The Morgan fingerprint density at radius 1 is 1.26 bits per heavy atom. The molecule has 3 aliphatic rings. The summed E-state index contributed by atoms with van der Waals surface area (Å²) in [6, 6.07) is 3.98. The molecule has 4 rings (SSSR count). The second-order valence-electron chi connectivity index (χ2n) is 11.0. The molecular formula is C26H35N3O6. The lowest BCUT2D eigenvalue weighted by atomic mass is 9.70. The van der Waals surface area contributed by atoms with Crippen LogP contribution in [-0.4, -0.2) is 56.8 Å². The molecule has 1 amide bonds. The van der Waals surface area contributed by atoms with E-state index in [1.807, 2.05) is 6.07 Å². The van der Waals surface area contributed by atoms with Crippen LogP contribution in [0.15, 0.2) is 18.2 Å². The van der Waals surface area contributed by atoms with Crippen LogP contribution in [-0.2, 0) is 14.3 Å². The van der Waals surface area contributed by atoms with Crippen LogP contribution < -0.4 is 5.32 Å². The molecule has 1 aromatic carbocycles. The van der Waals surface area contributed by atoms with E-state index in [2.05, 4.69) is 26.1 Å². The zero-order chi connectivity index (χ0) is 25.5. The largest absolute Gasteiger partial charge is 0.504 e. The SMILES string of the molecule is CC1(C)C2CCC1(C)C(OC(=O)C1CCCN1C(=O)C(CC#N)NC(O)c1ccc(O)c(O)c1)C2. The summed E-state index contributed by atoms with van der Waals surface area (Å²) in [4.78, 5) is 28.1. The van der Waals surface area contributed by atoms with Crippen LogP contribution in [0, 0.1) is 28.1 Å². The van der Waals surface area contributed by atoms with Gasteiger partial charge in [0.15, 0.2) is 11.5 Å². The van der Waals surface area contributed by atoms with Gasteiger partial charge in [-0.25, -0.2) is 4.79 Å². The number of phenols is 2. The minimum atomic E-state index is -1.37. The lowest BCUT2D eigenvalue weighted by Crippen LogP contribution is -2.52. The van der Waals surface area contributed by atoms with Crippen molar-refractivity contribution >= 4 is 11.9 Å². The molecule has 1 saturated heterocycles. The van der Waals surface area contributed by atoms with Crippen LogP contribution in [0.1, 0.15) is 71.1 Å². The molecule has 9 heteroatoms. The van der Waals surface area contributed by atoms with E-state index >= 15 is 0 Å². The molecular weight excluding hydrogens is 450 g/mol. The van der Waals surface area contributed by atoms with Gasteiger partial charge in [0, 0.05) is 12.0 Å². The van der Waals surface area contributed by atoms with Gasteiger partial charge in [0.1, 0.15) is 24.4 Å². The number of benzene rings is 1. The van der Waals surface area contributed by atoms with Crippen LogP contribution >= 0.6 is 0 Å². The number of aliphatic hydroxyl groups excluding tert-OH is 1. The first-order chi connectivity index (χ1) is 16.5. The standard InChI is InChI=1S/C26H35N3O6/c1-25(2)16-8-10-26(25,3)21(14-16)35-24(34)18-5-4-12-29(18)23(33)17(9-11-27)28-22(32)15-6-7-19(30)20(31)13-15/h6-7,13,16-18,21-22,28,30-32H,4-5,8-10,12,14H2,1-3H3. The number of nitrogens with zero attached hydrogens (tertiary/aromatic N) is 2. The van der Waals surface area contributed by atoms with Gasteiger partial charge in [-0.05, 0) is 61.1 Å². The lowest BCUT2D eigenvalue weighted by Gasteiger charge is -2.39. The first-order valence-corrected chi connectivity index (χ1v) is 12.3. The molecule has 1 heterocycles. The molecule has 2 bridgehead atoms. The molecule has 190 valence electrons. The zero-order valence-corrected chi connectivity index (χ0v) is 20.5. The lowest BCUT2D eigenvalue weighted by molar-refractivity contribution is -0.165. The molecule has 6 unspecified atom stereocenters. The summed E-state index contributed by atoms with van der Waals surface area (Å²) >= 11 is 0. The van der Waals surface area contributed by atoms with Crippen LogP contribution in [0.2, 0.25) is 0 Å². The number of hydrogen-bond acceptors (Lipinski definition) is 8. The Bertz CT molecular complexity index is 1040. The van der Waals surface area contributed by atoms with Crippen molar-refractivity contribution < 1.29 is 29.6 Å². The summed E-state index contributed by atoms with van der Waals surface area (Å²) in [6.45, 7) is 7.07. The maximum Gasteiger partial charge on any atom is 0.329 e. The van der Waals surface area contributed by atoms with E-state index in [0.717, 1.165) is 19.3 Å². The monoisotopic (exact) mass is 485 g/mol. The second-order valence-corrected chi connectivity index (χ2v) is 11.0. The quantitative estimate of drug-likeness (QED) is 0.262. The van der Waals surface area contributed by atoms with Crippen molar-refractivity contribution in [1.29, 1.82) is 5.26 Å². The number of aromatic hydroxyl groups is 2. The maximum atomic E-state index is 13.4. The minimum absolute atomic E-state index is 0.0779. The van der Waals surface area contributed by atoms with E-state index in [-0.39, 0.29) is 34.7 Å². The highest BCUT2D eigenvalue weighted by atomic mass is 16.5. The smallest absolute Gasteiger partial charge is 0.329 e. The third-order valence-electron chi connectivity index (χ3n) is 9.05. The summed E-state index contributed by atoms with van der Waals surface area (Å²) in [5, 5.41) is 41.8. The number of phenolic OH excluding ortho intramolecular Hbond substituents is 2. The second kappa shape index (κ2) is 9.32. The summed E-state index contributed by atoms with van der Waals surface area (Å²) in [6.07, 6.45) is 2.41. The van der Waals surface area contributed by atoms with Crippen LogP contribution in [0.25, 0.3) is 0 Å². The highest BCUT2D eigenvalue weighted by Gasteiger charge is 2.63. The van der Waals surface area contributed by atoms with Gasteiger partial charge in [0.05, 0.1) is 12.5 Å². The number of carbonyl (C=O) groups excluding carboxylic acids is 2. The van der Waals surface area contributed by atoms with E-state index in [1.54, 1.807) is 0 Å². The van der Waals surface area contributed by atoms with Gasteiger partial charge < -0.3 is 25.0 Å². The topological polar surface area (TPSA) is 143 Å². The fourth-order valence-electron chi connectivity index (χ4n) is 6.31. The Morgan fingerprint density at radius 2 is 2.00 bits per heavy atom. The van der Waals surface area contributed by atoms with Gasteiger partial charge >= 0.3 is 5.97 Å². The number of esters is 1. The minimum Gasteiger partial charge on any atom is -0.504 e. The van der Waals surface area contributed by atoms with Crippen molar-refractivity contribution in [3.8, 4) is 17.6 Å². The number of rotatable bonds is 7. The third kappa shape index (κ3) is 4.34. The number of amides is 1. The van der Waals surface area contributed by atoms with Crippen LogP contribution in [0.5, 0.6) is 11.5 Å². The van der Waals surface area contributed by atoms with Gasteiger partial charge in [-0.15, -0.1) is 0 Å². The number of ether oxygens (including phenoxy) is 1. The Morgan fingerprint density at radius 3 is 2.60 bits per heavy atom. The normalized spacial score (nSPS) is 30.6. The van der Waals surface area contributed by atoms with E-state index in [1.165, 1.54) is 23.1 Å². The molecule has 1 aliphatic heterocycles. The predicted molar refractivity (Wildman–Crippen MR) is 126 cm³/mol. The number of fused-ring (bicyclic) bond motifs is 2. The number of nitriles is 1. The van der Waals surface area contributed by atoms with Gasteiger partial charge in [-0.1, -0.05) is 26.8 Å². The Balaban J connectivity index is 1.44. The molecule has 35 heavy (non-hydrogen) atoms. The van der Waals surface area contributed by atoms with Crippen molar-refractivity contribution in [2.45, 2.75) is 83.7 Å². The molecule has 0 radical (unpaired) electrons. The molecule has 0 spiro atoms.